The van der Waals surface area contributed by atoms with E-state index in [2.05, 4.69) is 0 Å². The lowest BCUT2D eigenvalue weighted by Gasteiger charge is -2.26. The van der Waals surface area contributed by atoms with Crippen molar-refractivity contribution in [2.45, 2.75) is 4.90 Å². The van der Waals surface area contributed by atoms with Crippen molar-refractivity contribution in [2.75, 3.05) is 33.4 Å². The molecule has 0 unspecified atom stereocenters. The van der Waals surface area contributed by atoms with Gasteiger partial charge in [0.2, 0.25) is 10.0 Å². The molecule has 0 bridgehead atoms. The first-order chi connectivity index (χ1) is 15.5. The van der Waals surface area contributed by atoms with Gasteiger partial charge >= 0.3 is 5.97 Å². The van der Waals surface area contributed by atoms with Gasteiger partial charge in [0, 0.05) is 19.2 Å². The molecule has 1 aliphatic heterocycles. The van der Waals surface area contributed by atoms with Gasteiger partial charge in [-0.2, -0.15) is 4.31 Å². The molecule has 3 aromatic rings. The zero-order chi connectivity index (χ0) is 22.6. The number of benzene rings is 3. The number of fused-ring (bicyclic) bond motifs is 1. The van der Waals surface area contributed by atoms with E-state index < -0.39 is 16.0 Å². The highest BCUT2D eigenvalue weighted by molar-refractivity contribution is 7.89. The van der Waals surface area contributed by atoms with Crippen LogP contribution in [-0.4, -0.2) is 52.1 Å². The normalized spacial score (nSPS) is 15.2. The van der Waals surface area contributed by atoms with Gasteiger partial charge in [0.05, 0.1) is 20.3 Å². The number of ether oxygens (including phenoxy) is 3. The fraction of sp³-hybridized carbons (Fsp3) is 0.208. The van der Waals surface area contributed by atoms with Crippen molar-refractivity contribution in [1.29, 1.82) is 0 Å². The van der Waals surface area contributed by atoms with E-state index in [9.17, 15) is 13.2 Å². The Morgan fingerprint density at radius 3 is 2.50 bits per heavy atom. The molecule has 0 saturated carbocycles. The topological polar surface area (TPSA) is 82.1 Å². The summed E-state index contributed by atoms with van der Waals surface area (Å²) in [4.78, 5) is 12.3. The second kappa shape index (κ2) is 9.52. The van der Waals surface area contributed by atoms with E-state index in [0.717, 1.165) is 10.8 Å². The smallest absolute Gasteiger partial charge is 0.336 e. The first kappa shape index (κ1) is 22.0. The van der Waals surface area contributed by atoms with Crippen molar-refractivity contribution < 1.29 is 27.4 Å². The van der Waals surface area contributed by atoms with Crippen LogP contribution in [0.3, 0.4) is 0 Å². The van der Waals surface area contributed by atoms with Gasteiger partial charge in [0.1, 0.15) is 16.4 Å². The van der Waals surface area contributed by atoms with Crippen LogP contribution < -0.4 is 9.47 Å². The van der Waals surface area contributed by atoms with Crippen LogP contribution in [0, 0.1) is 0 Å². The Morgan fingerprint density at radius 1 is 1.00 bits per heavy atom. The van der Waals surface area contributed by atoms with Crippen molar-refractivity contribution >= 4 is 32.8 Å². The number of methoxy groups -OCH3 is 1. The Labute approximate surface area is 186 Å². The molecular formula is C24H23NO6S. The quantitative estimate of drug-likeness (QED) is 0.323. The van der Waals surface area contributed by atoms with Crippen LogP contribution in [0.15, 0.2) is 71.6 Å². The molecule has 32 heavy (non-hydrogen) atoms. The number of morpholine rings is 1. The Morgan fingerprint density at radius 2 is 1.75 bits per heavy atom. The van der Waals surface area contributed by atoms with Gasteiger partial charge in [-0.3, -0.25) is 0 Å². The molecule has 7 nitrogen and oxygen atoms in total. The maximum Gasteiger partial charge on any atom is 0.336 e. The molecule has 3 aromatic carbocycles. The summed E-state index contributed by atoms with van der Waals surface area (Å²) in [6, 6.07) is 17.9. The van der Waals surface area contributed by atoms with E-state index in [1.165, 1.54) is 29.6 Å². The number of nitrogens with zero attached hydrogens (tertiary/aromatic N) is 1. The maximum atomic E-state index is 13.1. The fourth-order valence-corrected chi connectivity index (χ4v) is 5.07. The van der Waals surface area contributed by atoms with Gasteiger partial charge in [-0.1, -0.05) is 36.4 Å². The molecule has 1 saturated heterocycles. The van der Waals surface area contributed by atoms with E-state index in [0.29, 0.717) is 24.5 Å². The van der Waals surface area contributed by atoms with Crippen molar-refractivity contribution in [3.05, 3.63) is 72.3 Å². The summed E-state index contributed by atoms with van der Waals surface area (Å²) in [7, 11) is -2.34. The second-order valence-electron chi connectivity index (χ2n) is 7.19. The van der Waals surface area contributed by atoms with Crippen LogP contribution >= 0.6 is 0 Å². The van der Waals surface area contributed by atoms with Crippen LogP contribution in [0.1, 0.15) is 5.56 Å². The lowest BCUT2D eigenvalue weighted by Crippen LogP contribution is -2.40. The Kier molecular flexibility index (Phi) is 6.55. The predicted molar refractivity (Wildman–Crippen MR) is 121 cm³/mol. The van der Waals surface area contributed by atoms with Crippen molar-refractivity contribution in [1.82, 2.24) is 4.31 Å². The molecule has 0 aromatic heterocycles. The Bertz CT molecular complexity index is 1260. The van der Waals surface area contributed by atoms with E-state index in [1.54, 1.807) is 24.3 Å². The molecule has 8 heteroatoms. The van der Waals surface area contributed by atoms with Gasteiger partial charge in [0.15, 0.2) is 0 Å². The molecule has 1 aliphatic rings. The summed E-state index contributed by atoms with van der Waals surface area (Å²) in [5.41, 5.74) is 0.535. The number of esters is 1. The molecule has 0 spiro atoms. The monoisotopic (exact) mass is 453 g/mol. The SMILES string of the molecule is COc1ccc(C=CC(=O)Oc2ccc3ccccc3c2)cc1S(=O)(=O)N1CCOCC1. The van der Waals surface area contributed by atoms with E-state index in [1.807, 2.05) is 30.3 Å². The molecule has 0 N–H and O–H groups in total. The minimum atomic E-state index is -3.76. The zero-order valence-corrected chi connectivity index (χ0v) is 18.4. The third kappa shape index (κ3) is 4.83. The van der Waals surface area contributed by atoms with Gasteiger partial charge < -0.3 is 14.2 Å². The number of hydrogen-bond acceptors (Lipinski definition) is 6. The molecule has 0 radical (unpaired) electrons. The van der Waals surface area contributed by atoms with Crippen molar-refractivity contribution in [2.24, 2.45) is 0 Å². The Hall–Kier alpha value is -3.20. The largest absolute Gasteiger partial charge is 0.495 e. The van der Waals surface area contributed by atoms with Crippen LogP contribution in [0.25, 0.3) is 16.8 Å². The summed E-state index contributed by atoms with van der Waals surface area (Å²) in [5.74, 6) is 0.115. The molecule has 1 heterocycles. The first-order valence-corrected chi connectivity index (χ1v) is 11.6. The Balaban J connectivity index is 1.53. The molecular weight excluding hydrogens is 430 g/mol. The number of carbonyl (C=O) groups excluding carboxylic acids is 1. The van der Waals surface area contributed by atoms with Gasteiger partial charge in [-0.05, 0) is 46.7 Å². The third-order valence-corrected chi connectivity index (χ3v) is 7.05. The lowest BCUT2D eigenvalue weighted by atomic mass is 10.1. The summed E-state index contributed by atoms with van der Waals surface area (Å²) < 4.78 is 43.4. The molecule has 4 rings (SSSR count). The molecule has 0 atom stereocenters. The average Bonchev–Trinajstić information content (AvgIpc) is 2.83. The maximum absolute atomic E-state index is 13.1. The van der Waals surface area contributed by atoms with Crippen LogP contribution in [0.2, 0.25) is 0 Å². The van der Waals surface area contributed by atoms with Crippen molar-refractivity contribution in [3.63, 3.8) is 0 Å². The van der Waals surface area contributed by atoms with Crippen molar-refractivity contribution in [3.8, 4) is 11.5 Å². The molecule has 0 amide bonds. The van der Waals surface area contributed by atoms with Gasteiger partial charge in [0.25, 0.3) is 0 Å². The average molecular weight is 454 g/mol. The van der Waals surface area contributed by atoms with Crippen LogP contribution in [-0.2, 0) is 19.6 Å². The predicted octanol–water partition coefficient (Wildman–Crippen LogP) is 3.49. The third-order valence-electron chi connectivity index (χ3n) is 5.13. The zero-order valence-electron chi connectivity index (χ0n) is 17.6. The first-order valence-electron chi connectivity index (χ1n) is 10.1. The standard InChI is InChI=1S/C24H23NO6S/c1-29-22-10-6-18(16-23(22)32(27,28)25-12-14-30-15-13-25)7-11-24(26)31-21-9-8-19-4-2-3-5-20(19)17-21/h2-11,16-17H,12-15H2,1H3. The van der Waals surface area contributed by atoms with Gasteiger partial charge in [-0.15, -0.1) is 0 Å². The van der Waals surface area contributed by atoms with E-state index in [-0.39, 0.29) is 23.7 Å². The number of rotatable bonds is 6. The van der Waals surface area contributed by atoms with E-state index in [4.69, 9.17) is 14.2 Å². The fourth-order valence-electron chi connectivity index (χ4n) is 3.47. The second-order valence-corrected chi connectivity index (χ2v) is 9.10. The summed E-state index contributed by atoms with van der Waals surface area (Å²) in [6.07, 6.45) is 2.78. The number of carbonyl (C=O) groups is 1. The minimum absolute atomic E-state index is 0.0481. The minimum Gasteiger partial charge on any atom is -0.495 e. The van der Waals surface area contributed by atoms with Gasteiger partial charge in [-0.25, -0.2) is 13.2 Å². The highest BCUT2D eigenvalue weighted by atomic mass is 32.2. The highest BCUT2D eigenvalue weighted by Gasteiger charge is 2.29. The van der Waals surface area contributed by atoms with Crippen LogP contribution in [0.5, 0.6) is 11.5 Å². The highest BCUT2D eigenvalue weighted by Crippen LogP contribution is 2.29. The molecule has 166 valence electrons. The van der Waals surface area contributed by atoms with E-state index >= 15 is 0 Å². The molecule has 0 aliphatic carbocycles. The lowest BCUT2D eigenvalue weighted by molar-refractivity contribution is -0.128. The number of hydrogen-bond donors (Lipinski definition) is 0. The summed E-state index contributed by atoms with van der Waals surface area (Å²) in [5, 5.41) is 2.02. The molecule has 1 fully saturated rings. The number of sulfonamides is 1. The summed E-state index contributed by atoms with van der Waals surface area (Å²) >= 11 is 0. The van der Waals surface area contributed by atoms with Crippen LogP contribution in [0.4, 0.5) is 0 Å². The summed E-state index contributed by atoms with van der Waals surface area (Å²) in [6.45, 7) is 1.26.